The zero-order chi connectivity index (χ0) is 16.8. The lowest BCUT2D eigenvalue weighted by Gasteiger charge is -2.13. The Bertz CT molecular complexity index is 685. The van der Waals surface area contributed by atoms with Gasteiger partial charge in [-0.05, 0) is 19.4 Å². The van der Waals surface area contributed by atoms with Gasteiger partial charge in [0.15, 0.2) is 5.16 Å². The number of hydrogen-bond donors (Lipinski definition) is 2. The number of aromatic nitrogens is 2. The van der Waals surface area contributed by atoms with Gasteiger partial charge in [-0.15, -0.1) is 0 Å². The number of benzene rings is 1. The van der Waals surface area contributed by atoms with Crippen molar-refractivity contribution in [1.82, 2.24) is 20.2 Å². The second-order valence-electron chi connectivity index (χ2n) is 4.86. The minimum absolute atomic E-state index is 0.346. The zero-order valence-corrected chi connectivity index (χ0v) is 14.2. The molecule has 122 valence electrons. The average Bonchev–Trinajstić information content (AvgIpc) is 2.97. The Labute approximate surface area is 139 Å². The number of amides is 3. The number of imidazole rings is 1. The summed E-state index contributed by atoms with van der Waals surface area (Å²) in [5.74, 6) is -0.346. The molecule has 1 atom stereocenters. The summed E-state index contributed by atoms with van der Waals surface area (Å²) in [6.45, 7) is 4.53. The van der Waals surface area contributed by atoms with Gasteiger partial charge in [0.25, 0.3) is 0 Å². The highest BCUT2D eigenvalue weighted by Gasteiger charge is 2.20. The van der Waals surface area contributed by atoms with Crippen molar-refractivity contribution in [1.29, 1.82) is 0 Å². The third-order valence-electron chi connectivity index (χ3n) is 3.32. The summed E-state index contributed by atoms with van der Waals surface area (Å²) in [5.41, 5.74) is 2.09. The van der Waals surface area contributed by atoms with Crippen LogP contribution in [-0.2, 0) is 11.3 Å². The fourth-order valence-corrected chi connectivity index (χ4v) is 3.04. The molecular weight excluding hydrogens is 312 g/mol. The molecule has 0 fully saturated rings. The first kappa shape index (κ1) is 17.1. The van der Waals surface area contributed by atoms with E-state index in [1.54, 1.807) is 6.92 Å². The summed E-state index contributed by atoms with van der Waals surface area (Å²) in [6.07, 6.45) is 1.81. The highest BCUT2D eigenvalue weighted by Crippen LogP contribution is 2.28. The summed E-state index contributed by atoms with van der Waals surface area (Å²) < 4.78 is 2.06. The smallest absolute Gasteiger partial charge is 0.321 e. The molecule has 2 rings (SSSR count). The van der Waals surface area contributed by atoms with E-state index in [2.05, 4.69) is 20.2 Å². The van der Waals surface area contributed by atoms with Crippen molar-refractivity contribution < 1.29 is 9.59 Å². The predicted molar refractivity (Wildman–Crippen MR) is 91.3 cm³/mol. The fraction of sp³-hybridized carbons (Fsp3) is 0.312. The van der Waals surface area contributed by atoms with E-state index >= 15 is 0 Å². The molecular formula is C16H20N4O2S. The summed E-state index contributed by atoms with van der Waals surface area (Å²) >= 11 is 1.33. The summed E-state index contributed by atoms with van der Waals surface area (Å²) in [5, 5.41) is 4.97. The van der Waals surface area contributed by atoms with Gasteiger partial charge in [-0.2, -0.15) is 0 Å². The molecule has 1 aromatic heterocycles. The standard InChI is InChI=1S/C16H20N4O2S/c1-4-20-13(12-8-6-5-7-9-12)10-18-16(20)23-11(2)14(21)19-15(22)17-3/h5-11H,4H2,1-3H3,(H2,17,19,21,22)/t11-/m1/s1. The number of rotatable bonds is 5. The van der Waals surface area contributed by atoms with E-state index in [9.17, 15) is 9.59 Å². The van der Waals surface area contributed by atoms with Gasteiger partial charge in [-0.3, -0.25) is 10.1 Å². The van der Waals surface area contributed by atoms with E-state index in [0.717, 1.165) is 23.0 Å². The maximum Gasteiger partial charge on any atom is 0.321 e. The van der Waals surface area contributed by atoms with Gasteiger partial charge in [-0.1, -0.05) is 42.1 Å². The second-order valence-corrected chi connectivity index (χ2v) is 6.17. The van der Waals surface area contributed by atoms with E-state index < -0.39 is 11.3 Å². The molecule has 0 aliphatic heterocycles. The normalized spacial score (nSPS) is 11.8. The number of nitrogens with one attached hydrogen (secondary N) is 2. The van der Waals surface area contributed by atoms with Crippen molar-refractivity contribution in [2.24, 2.45) is 0 Å². The van der Waals surface area contributed by atoms with Gasteiger partial charge in [0.1, 0.15) is 0 Å². The predicted octanol–water partition coefficient (Wildman–Crippen LogP) is 2.51. The molecule has 23 heavy (non-hydrogen) atoms. The molecule has 1 heterocycles. The molecule has 0 radical (unpaired) electrons. The van der Waals surface area contributed by atoms with E-state index in [-0.39, 0.29) is 5.91 Å². The molecule has 3 amide bonds. The first-order valence-electron chi connectivity index (χ1n) is 7.37. The van der Waals surface area contributed by atoms with Crippen molar-refractivity contribution in [2.75, 3.05) is 7.05 Å². The molecule has 0 saturated carbocycles. The quantitative estimate of drug-likeness (QED) is 0.825. The molecule has 1 aromatic carbocycles. The zero-order valence-electron chi connectivity index (χ0n) is 13.4. The molecule has 0 saturated heterocycles. The molecule has 6 nitrogen and oxygen atoms in total. The third kappa shape index (κ3) is 4.13. The van der Waals surface area contributed by atoms with Crippen LogP contribution < -0.4 is 10.6 Å². The van der Waals surface area contributed by atoms with Gasteiger partial charge >= 0.3 is 6.03 Å². The van der Waals surface area contributed by atoms with Crippen LogP contribution in [0.4, 0.5) is 4.79 Å². The van der Waals surface area contributed by atoms with Crippen LogP contribution in [0.1, 0.15) is 13.8 Å². The lowest BCUT2D eigenvalue weighted by Crippen LogP contribution is -2.41. The first-order valence-corrected chi connectivity index (χ1v) is 8.25. The Morgan fingerprint density at radius 1 is 1.30 bits per heavy atom. The number of thioether (sulfide) groups is 1. The number of nitrogens with zero attached hydrogens (tertiary/aromatic N) is 2. The van der Waals surface area contributed by atoms with Crippen LogP contribution >= 0.6 is 11.8 Å². The van der Waals surface area contributed by atoms with E-state index in [1.807, 2.05) is 43.5 Å². The number of hydrogen-bond acceptors (Lipinski definition) is 4. The van der Waals surface area contributed by atoms with Crippen molar-refractivity contribution in [3.63, 3.8) is 0 Å². The van der Waals surface area contributed by atoms with Crippen molar-refractivity contribution >= 4 is 23.7 Å². The molecule has 0 bridgehead atoms. The minimum atomic E-state index is -0.508. The Hall–Kier alpha value is -2.28. The summed E-state index contributed by atoms with van der Waals surface area (Å²) in [7, 11) is 1.47. The third-order valence-corrected chi connectivity index (χ3v) is 4.42. The van der Waals surface area contributed by atoms with Gasteiger partial charge in [-0.25, -0.2) is 9.78 Å². The largest absolute Gasteiger partial charge is 0.341 e. The number of carbonyl (C=O) groups excluding carboxylic acids is 2. The van der Waals surface area contributed by atoms with Crippen LogP contribution in [0.15, 0.2) is 41.7 Å². The maximum atomic E-state index is 12.0. The Kier molecular flexibility index (Phi) is 5.81. The molecule has 7 heteroatoms. The van der Waals surface area contributed by atoms with E-state index in [0.29, 0.717) is 0 Å². The highest BCUT2D eigenvalue weighted by atomic mass is 32.2. The minimum Gasteiger partial charge on any atom is -0.341 e. The SMILES string of the molecule is CCn1c(-c2ccccc2)cnc1S[C@H](C)C(=O)NC(=O)NC. The number of imide groups is 1. The van der Waals surface area contributed by atoms with Crippen molar-refractivity contribution in [2.45, 2.75) is 30.8 Å². The molecule has 0 aliphatic carbocycles. The van der Waals surface area contributed by atoms with Crippen LogP contribution in [0.25, 0.3) is 11.3 Å². The molecule has 2 aromatic rings. The molecule has 0 unspecified atom stereocenters. The average molecular weight is 332 g/mol. The number of urea groups is 1. The van der Waals surface area contributed by atoms with Gasteiger partial charge in [0.2, 0.25) is 5.91 Å². The van der Waals surface area contributed by atoms with Crippen LogP contribution in [-0.4, -0.2) is 33.8 Å². The van der Waals surface area contributed by atoms with Gasteiger partial charge < -0.3 is 9.88 Å². The molecule has 0 aliphatic rings. The molecule has 0 spiro atoms. The second kappa shape index (κ2) is 7.82. The lowest BCUT2D eigenvalue weighted by molar-refractivity contribution is -0.119. The monoisotopic (exact) mass is 332 g/mol. The van der Waals surface area contributed by atoms with Gasteiger partial charge in [0, 0.05) is 13.6 Å². The maximum absolute atomic E-state index is 12.0. The van der Waals surface area contributed by atoms with E-state index in [1.165, 1.54) is 18.8 Å². The van der Waals surface area contributed by atoms with Crippen molar-refractivity contribution in [3.8, 4) is 11.3 Å². The topological polar surface area (TPSA) is 76.0 Å². The summed E-state index contributed by atoms with van der Waals surface area (Å²) in [6, 6.07) is 9.48. The van der Waals surface area contributed by atoms with E-state index in [4.69, 9.17) is 0 Å². The van der Waals surface area contributed by atoms with Crippen LogP contribution in [0.3, 0.4) is 0 Å². The first-order chi connectivity index (χ1) is 11.1. The summed E-state index contributed by atoms with van der Waals surface area (Å²) in [4.78, 5) is 27.6. The highest BCUT2D eigenvalue weighted by molar-refractivity contribution is 8.00. The molecule has 2 N–H and O–H groups in total. The van der Waals surface area contributed by atoms with Crippen LogP contribution in [0.2, 0.25) is 0 Å². The Morgan fingerprint density at radius 2 is 2.00 bits per heavy atom. The lowest BCUT2D eigenvalue weighted by atomic mass is 10.2. The van der Waals surface area contributed by atoms with Crippen molar-refractivity contribution in [3.05, 3.63) is 36.5 Å². The Morgan fingerprint density at radius 3 is 2.61 bits per heavy atom. The fourth-order valence-electron chi connectivity index (χ4n) is 2.09. The van der Waals surface area contributed by atoms with Crippen LogP contribution in [0.5, 0.6) is 0 Å². The van der Waals surface area contributed by atoms with Crippen LogP contribution in [0, 0.1) is 0 Å². The van der Waals surface area contributed by atoms with Gasteiger partial charge in [0.05, 0.1) is 17.1 Å². The number of carbonyl (C=O) groups is 2. The Balaban J connectivity index is 2.16.